The van der Waals surface area contributed by atoms with Crippen molar-refractivity contribution >= 4 is 17.3 Å². The molecule has 0 aliphatic heterocycles. The SMILES string of the molecule is CCCOc1ccc(Cl)cc1NC(C)c1ccco1. The Hall–Kier alpha value is -1.61. The Morgan fingerprint density at radius 1 is 1.37 bits per heavy atom. The fourth-order valence-corrected chi connectivity index (χ4v) is 1.97. The topological polar surface area (TPSA) is 34.4 Å². The van der Waals surface area contributed by atoms with Crippen LogP contribution < -0.4 is 10.1 Å². The molecule has 0 aliphatic carbocycles. The van der Waals surface area contributed by atoms with Gasteiger partial charge in [0.2, 0.25) is 0 Å². The molecule has 1 heterocycles. The molecule has 2 rings (SSSR count). The van der Waals surface area contributed by atoms with Crippen LogP contribution in [-0.2, 0) is 0 Å². The van der Waals surface area contributed by atoms with Gasteiger partial charge in [-0.1, -0.05) is 18.5 Å². The van der Waals surface area contributed by atoms with Crippen molar-refractivity contribution in [3.05, 3.63) is 47.4 Å². The van der Waals surface area contributed by atoms with Crippen LogP contribution in [-0.4, -0.2) is 6.61 Å². The third-order valence-corrected chi connectivity index (χ3v) is 2.98. The normalized spacial score (nSPS) is 12.2. The summed E-state index contributed by atoms with van der Waals surface area (Å²) in [5.74, 6) is 1.69. The first kappa shape index (κ1) is 13.8. The first-order valence-corrected chi connectivity index (χ1v) is 6.80. The summed E-state index contributed by atoms with van der Waals surface area (Å²) >= 11 is 6.04. The molecule has 1 aromatic carbocycles. The van der Waals surface area contributed by atoms with Crippen LogP contribution in [0.25, 0.3) is 0 Å². The monoisotopic (exact) mass is 279 g/mol. The lowest BCUT2D eigenvalue weighted by Crippen LogP contribution is -2.07. The van der Waals surface area contributed by atoms with E-state index >= 15 is 0 Å². The van der Waals surface area contributed by atoms with Gasteiger partial charge in [-0.25, -0.2) is 0 Å². The Balaban J connectivity index is 2.15. The highest BCUT2D eigenvalue weighted by molar-refractivity contribution is 6.30. The van der Waals surface area contributed by atoms with E-state index in [4.69, 9.17) is 20.8 Å². The maximum absolute atomic E-state index is 6.04. The summed E-state index contributed by atoms with van der Waals surface area (Å²) < 4.78 is 11.1. The number of halogens is 1. The quantitative estimate of drug-likeness (QED) is 0.817. The van der Waals surface area contributed by atoms with Gasteiger partial charge in [0.05, 0.1) is 24.6 Å². The molecular formula is C15H18ClNO2. The smallest absolute Gasteiger partial charge is 0.142 e. The lowest BCUT2D eigenvalue weighted by Gasteiger charge is -2.17. The summed E-state index contributed by atoms with van der Waals surface area (Å²) in [6, 6.07) is 9.45. The van der Waals surface area contributed by atoms with Crippen LogP contribution in [0.15, 0.2) is 41.0 Å². The molecule has 0 aliphatic rings. The largest absolute Gasteiger partial charge is 0.491 e. The van der Waals surface area contributed by atoms with Gasteiger partial charge >= 0.3 is 0 Å². The van der Waals surface area contributed by atoms with Crippen molar-refractivity contribution in [2.75, 3.05) is 11.9 Å². The number of nitrogens with one attached hydrogen (secondary N) is 1. The summed E-state index contributed by atoms with van der Waals surface area (Å²) in [5.41, 5.74) is 0.879. The van der Waals surface area contributed by atoms with Crippen molar-refractivity contribution in [3.63, 3.8) is 0 Å². The van der Waals surface area contributed by atoms with E-state index in [-0.39, 0.29) is 6.04 Å². The molecule has 4 heteroatoms. The van der Waals surface area contributed by atoms with Gasteiger partial charge in [0, 0.05) is 5.02 Å². The second-order valence-electron chi connectivity index (χ2n) is 4.37. The highest BCUT2D eigenvalue weighted by atomic mass is 35.5. The minimum atomic E-state index is 0.0532. The Kier molecular flexibility index (Phi) is 4.74. The molecule has 1 atom stereocenters. The first-order valence-electron chi connectivity index (χ1n) is 6.43. The van der Waals surface area contributed by atoms with Crippen LogP contribution in [0.2, 0.25) is 5.02 Å². The number of hydrogen-bond donors (Lipinski definition) is 1. The van der Waals surface area contributed by atoms with E-state index in [0.29, 0.717) is 11.6 Å². The second kappa shape index (κ2) is 6.53. The van der Waals surface area contributed by atoms with Gasteiger partial charge in [0.25, 0.3) is 0 Å². The zero-order valence-electron chi connectivity index (χ0n) is 11.2. The molecular weight excluding hydrogens is 262 g/mol. The van der Waals surface area contributed by atoms with Gasteiger partial charge in [0.15, 0.2) is 0 Å². The van der Waals surface area contributed by atoms with E-state index in [0.717, 1.165) is 23.6 Å². The van der Waals surface area contributed by atoms with Gasteiger partial charge in [0.1, 0.15) is 11.5 Å². The van der Waals surface area contributed by atoms with E-state index in [1.165, 1.54) is 0 Å². The zero-order chi connectivity index (χ0) is 13.7. The number of anilines is 1. The Labute approximate surface area is 118 Å². The van der Waals surface area contributed by atoms with Gasteiger partial charge < -0.3 is 14.5 Å². The molecule has 0 fully saturated rings. The summed E-state index contributed by atoms with van der Waals surface area (Å²) in [7, 11) is 0. The number of furan rings is 1. The molecule has 0 radical (unpaired) electrons. The van der Waals surface area contributed by atoms with E-state index in [9.17, 15) is 0 Å². The molecule has 1 aromatic heterocycles. The lowest BCUT2D eigenvalue weighted by atomic mass is 10.2. The van der Waals surface area contributed by atoms with Crippen LogP contribution in [0.3, 0.4) is 0 Å². The van der Waals surface area contributed by atoms with Crippen LogP contribution in [0.4, 0.5) is 5.69 Å². The van der Waals surface area contributed by atoms with Crippen LogP contribution >= 0.6 is 11.6 Å². The molecule has 0 saturated heterocycles. The molecule has 0 spiro atoms. The maximum Gasteiger partial charge on any atom is 0.142 e. The molecule has 1 N–H and O–H groups in total. The standard InChI is InChI=1S/C15H18ClNO2/c1-3-8-18-15-7-6-12(16)10-13(15)17-11(2)14-5-4-9-19-14/h4-7,9-11,17H,3,8H2,1-2H3. The molecule has 1 unspecified atom stereocenters. The molecule has 3 nitrogen and oxygen atoms in total. The number of ether oxygens (including phenoxy) is 1. The lowest BCUT2D eigenvalue weighted by molar-refractivity contribution is 0.318. The fraction of sp³-hybridized carbons (Fsp3) is 0.333. The van der Waals surface area contributed by atoms with Crippen LogP contribution in [0, 0.1) is 0 Å². The summed E-state index contributed by atoms with van der Waals surface area (Å²) in [5, 5.41) is 4.04. The Morgan fingerprint density at radius 2 is 2.21 bits per heavy atom. The van der Waals surface area contributed by atoms with Crippen molar-refractivity contribution < 1.29 is 9.15 Å². The van der Waals surface area contributed by atoms with Gasteiger partial charge in [-0.3, -0.25) is 0 Å². The predicted molar refractivity (Wildman–Crippen MR) is 78.0 cm³/mol. The molecule has 19 heavy (non-hydrogen) atoms. The van der Waals surface area contributed by atoms with Crippen molar-refractivity contribution in [1.29, 1.82) is 0 Å². The predicted octanol–water partition coefficient (Wildman–Crippen LogP) is 4.89. The Bertz CT molecular complexity index is 511. The summed E-state index contributed by atoms with van der Waals surface area (Å²) in [6.45, 7) is 4.79. The third kappa shape index (κ3) is 3.67. The minimum absolute atomic E-state index is 0.0532. The van der Waals surface area contributed by atoms with Gasteiger partial charge in [-0.2, -0.15) is 0 Å². The van der Waals surface area contributed by atoms with E-state index < -0.39 is 0 Å². The van der Waals surface area contributed by atoms with Crippen LogP contribution in [0.1, 0.15) is 32.1 Å². The van der Waals surface area contributed by atoms with Crippen LogP contribution in [0.5, 0.6) is 5.75 Å². The second-order valence-corrected chi connectivity index (χ2v) is 4.81. The average Bonchev–Trinajstić information content (AvgIpc) is 2.92. The van der Waals surface area contributed by atoms with Crippen molar-refractivity contribution in [2.24, 2.45) is 0 Å². The number of benzene rings is 1. The van der Waals surface area contributed by atoms with E-state index in [1.807, 2.05) is 37.3 Å². The van der Waals surface area contributed by atoms with Crippen molar-refractivity contribution in [3.8, 4) is 5.75 Å². The average molecular weight is 280 g/mol. The van der Waals surface area contributed by atoms with Gasteiger partial charge in [-0.05, 0) is 43.7 Å². The maximum atomic E-state index is 6.04. The number of hydrogen-bond acceptors (Lipinski definition) is 3. The van der Waals surface area contributed by atoms with Gasteiger partial charge in [-0.15, -0.1) is 0 Å². The highest BCUT2D eigenvalue weighted by Crippen LogP contribution is 2.31. The zero-order valence-corrected chi connectivity index (χ0v) is 11.9. The highest BCUT2D eigenvalue weighted by Gasteiger charge is 2.11. The molecule has 102 valence electrons. The summed E-state index contributed by atoms with van der Waals surface area (Å²) in [4.78, 5) is 0. The third-order valence-electron chi connectivity index (χ3n) is 2.75. The molecule has 0 bridgehead atoms. The number of rotatable bonds is 6. The molecule has 0 amide bonds. The van der Waals surface area contributed by atoms with Crippen molar-refractivity contribution in [1.82, 2.24) is 0 Å². The van der Waals surface area contributed by atoms with Crippen molar-refractivity contribution in [2.45, 2.75) is 26.3 Å². The molecule has 2 aromatic rings. The Morgan fingerprint density at radius 3 is 2.89 bits per heavy atom. The molecule has 0 saturated carbocycles. The summed E-state index contributed by atoms with van der Waals surface area (Å²) in [6.07, 6.45) is 2.63. The van der Waals surface area contributed by atoms with E-state index in [1.54, 1.807) is 6.26 Å². The first-order chi connectivity index (χ1) is 9.20. The minimum Gasteiger partial charge on any atom is -0.491 e. The fourth-order valence-electron chi connectivity index (χ4n) is 1.79. The van der Waals surface area contributed by atoms with E-state index in [2.05, 4.69) is 12.2 Å².